The summed E-state index contributed by atoms with van der Waals surface area (Å²) in [7, 11) is 1.23. The van der Waals surface area contributed by atoms with Gasteiger partial charge in [0.25, 0.3) is 5.91 Å². The number of hydrazine groups is 1. The summed E-state index contributed by atoms with van der Waals surface area (Å²) in [4.78, 5) is 34.4. The highest BCUT2D eigenvalue weighted by Gasteiger charge is 2.33. The second-order valence-electron chi connectivity index (χ2n) is 4.20. The smallest absolute Gasteiger partial charge is 0.426 e. The first-order valence-electron chi connectivity index (χ1n) is 5.91. The average Bonchev–Trinajstić information content (AvgIpc) is 2.33. The Balaban J connectivity index is 2.53. The van der Waals surface area contributed by atoms with Gasteiger partial charge >= 0.3 is 12.1 Å². The van der Waals surface area contributed by atoms with Gasteiger partial charge in [0.05, 0.1) is 32.8 Å². The first-order chi connectivity index (χ1) is 8.93. The molecule has 1 heterocycles. The van der Waals surface area contributed by atoms with E-state index in [1.807, 2.05) is 0 Å². The van der Waals surface area contributed by atoms with E-state index >= 15 is 0 Å². The van der Waals surface area contributed by atoms with Crippen LogP contribution in [0.25, 0.3) is 0 Å². The highest BCUT2D eigenvalue weighted by atomic mass is 16.6. The number of methoxy groups -OCH3 is 1. The molecule has 0 unspecified atom stereocenters. The normalized spacial score (nSPS) is 19.3. The highest BCUT2D eigenvalue weighted by Crippen LogP contribution is 2.09. The number of ether oxygens (including phenoxy) is 3. The van der Waals surface area contributed by atoms with Gasteiger partial charge in [0.15, 0.2) is 0 Å². The molecule has 19 heavy (non-hydrogen) atoms. The number of hydrogen-bond donors (Lipinski definition) is 1. The van der Waals surface area contributed by atoms with Crippen LogP contribution >= 0.6 is 0 Å². The molecule has 8 heteroatoms. The number of carbonyl (C=O) groups is 3. The minimum atomic E-state index is -0.944. The molecule has 0 aromatic rings. The predicted molar refractivity (Wildman–Crippen MR) is 62.8 cm³/mol. The number of nitrogens with one attached hydrogen (secondary N) is 1. The van der Waals surface area contributed by atoms with E-state index < -0.39 is 24.1 Å². The summed E-state index contributed by atoms with van der Waals surface area (Å²) in [5.74, 6) is -1.05. The Bertz CT molecular complexity index is 357. The third-order valence-electron chi connectivity index (χ3n) is 2.32. The lowest BCUT2D eigenvalue weighted by Crippen LogP contribution is -2.56. The number of nitrogens with zero attached hydrogens (tertiary/aromatic N) is 1. The molecule has 1 saturated heterocycles. The van der Waals surface area contributed by atoms with Gasteiger partial charge in [0, 0.05) is 0 Å². The van der Waals surface area contributed by atoms with Crippen molar-refractivity contribution in [3.8, 4) is 0 Å². The Hall–Kier alpha value is -1.83. The van der Waals surface area contributed by atoms with E-state index in [0.29, 0.717) is 0 Å². The van der Waals surface area contributed by atoms with Gasteiger partial charge in [0.2, 0.25) is 0 Å². The molecule has 0 aliphatic carbocycles. The van der Waals surface area contributed by atoms with Crippen LogP contribution in [0.2, 0.25) is 0 Å². The fraction of sp³-hybridized carbons (Fsp3) is 0.727. The third kappa shape index (κ3) is 4.74. The van der Waals surface area contributed by atoms with E-state index in [2.05, 4.69) is 10.2 Å². The van der Waals surface area contributed by atoms with Crippen molar-refractivity contribution in [3.63, 3.8) is 0 Å². The zero-order valence-electron chi connectivity index (χ0n) is 11.2. The summed E-state index contributed by atoms with van der Waals surface area (Å²) in [5.41, 5.74) is 2.31. The van der Waals surface area contributed by atoms with Gasteiger partial charge in [-0.05, 0) is 13.8 Å². The molecule has 108 valence electrons. The molecular formula is C11H18N2O6. The molecule has 0 aromatic heterocycles. The molecule has 1 N–H and O–H groups in total. The Kier molecular flexibility index (Phi) is 5.56. The van der Waals surface area contributed by atoms with Gasteiger partial charge < -0.3 is 14.2 Å². The fourth-order valence-electron chi connectivity index (χ4n) is 1.48. The third-order valence-corrected chi connectivity index (χ3v) is 2.32. The molecule has 1 aliphatic heterocycles. The quantitative estimate of drug-likeness (QED) is 0.715. The Morgan fingerprint density at radius 2 is 2.21 bits per heavy atom. The molecular weight excluding hydrogens is 256 g/mol. The summed E-state index contributed by atoms with van der Waals surface area (Å²) in [6.45, 7) is 3.81. The lowest BCUT2D eigenvalue weighted by atomic mass is 10.2. The van der Waals surface area contributed by atoms with Crippen LogP contribution in [0.3, 0.4) is 0 Å². The number of hydrogen-bond acceptors (Lipinski definition) is 6. The molecule has 0 bridgehead atoms. The van der Waals surface area contributed by atoms with Crippen molar-refractivity contribution in [2.45, 2.75) is 32.5 Å². The van der Waals surface area contributed by atoms with Crippen molar-refractivity contribution in [1.82, 2.24) is 10.4 Å². The largest absolute Gasteiger partial charge is 0.469 e. The van der Waals surface area contributed by atoms with Crippen molar-refractivity contribution < 1.29 is 28.6 Å². The van der Waals surface area contributed by atoms with Crippen LogP contribution in [0.5, 0.6) is 0 Å². The number of esters is 1. The van der Waals surface area contributed by atoms with Crippen LogP contribution in [0, 0.1) is 0 Å². The van der Waals surface area contributed by atoms with Crippen molar-refractivity contribution in [1.29, 1.82) is 0 Å². The first kappa shape index (κ1) is 15.2. The summed E-state index contributed by atoms with van der Waals surface area (Å²) < 4.78 is 14.5. The van der Waals surface area contributed by atoms with Gasteiger partial charge in [-0.25, -0.2) is 15.2 Å². The molecule has 0 aromatic carbocycles. The maximum absolute atomic E-state index is 11.9. The average molecular weight is 274 g/mol. The number of carbonyl (C=O) groups excluding carboxylic acids is 3. The van der Waals surface area contributed by atoms with Gasteiger partial charge in [-0.3, -0.25) is 9.59 Å². The molecule has 0 saturated carbocycles. The van der Waals surface area contributed by atoms with Crippen LogP contribution < -0.4 is 5.43 Å². The first-order valence-corrected chi connectivity index (χ1v) is 5.91. The van der Waals surface area contributed by atoms with Gasteiger partial charge in [-0.1, -0.05) is 0 Å². The van der Waals surface area contributed by atoms with Crippen LogP contribution in [0.4, 0.5) is 4.79 Å². The molecule has 1 fully saturated rings. The molecule has 0 radical (unpaired) electrons. The summed E-state index contributed by atoms with van der Waals surface area (Å²) >= 11 is 0. The zero-order chi connectivity index (χ0) is 14.4. The van der Waals surface area contributed by atoms with Crippen molar-refractivity contribution in [2.75, 3.05) is 20.3 Å². The molecule has 1 atom stereocenters. The Morgan fingerprint density at radius 1 is 1.53 bits per heavy atom. The van der Waals surface area contributed by atoms with Crippen LogP contribution in [-0.2, 0) is 23.8 Å². The fourth-order valence-corrected chi connectivity index (χ4v) is 1.48. The maximum atomic E-state index is 11.9. The minimum Gasteiger partial charge on any atom is -0.469 e. The van der Waals surface area contributed by atoms with Crippen molar-refractivity contribution in [2.24, 2.45) is 0 Å². The minimum absolute atomic E-state index is 0.188. The lowest BCUT2D eigenvalue weighted by molar-refractivity contribution is -0.163. The molecule has 2 amide bonds. The molecule has 8 nitrogen and oxygen atoms in total. The van der Waals surface area contributed by atoms with E-state index in [0.717, 1.165) is 5.01 Å². The van der Waals surface area contributed by atoms with Gasteiger partial charge in [0.1, 0.15) is 6.10 Å². The second kappa shape index (κ2) is 6.93. The molecule has 0 spiro atoms. The summed E-state index contributed by atoms with van der Waals surface area (Å²) in [6, 6.07) is 0. The van der Waals surface area contributed by atoms with Crippen molar-refractivity contribution >= 4 is 18.0 Å². The Morgan fingerprint density at radius 3 is 2.79 bits per heavy atom. The standard InChI is InChI=1S/C11H18N2O6/c1-7(2)19-11(16)12-13-4-5-18-8(10(13)15)6-9(14)17-3/h7-8H,4-6H2,1-3H3,(H,12,16)/t8-/m1/s1. The predicted octanol–water partition coefficient (Wildman–Crippen LogP) is -0.174. The van der Waals surface area contributed by atoms with Crippen molar-refractivity contribution in [3.05, 3.63) is 0 Å². The highest BCUT2D eigenvalue weighted by molar-refractivity contribution is 5.87. The number of amides is 2. The SMILES string of the molecule is COC(=O)C[C@H]1OCCN(NC(=O)OC(C)C)C1=O. The van der Waals surface area contributed by atoms with Crippen LogP contribution in [0.15, 0.2) is 0 Å². The molecule has 1 aliphatic rings. The number of morpholine rings is 1. The monoisotopic (exact) mass is 274 g/mol. The topological polar surface area (TPSA) is 94.2 Å². The van der Waals surface area contributed by atoms with Crippen LogP contribution in [-0.4, -0.2) is 55.4 Å². The summed E-state index contributed by atoms with van der Waals surface area (Å²) in [6.07, 6.45) is -2.14. The summed E-state index contributed by atoms with van der Waals surface area (Å²) in [5, 5.41) is 1.09. The second-order valence-corrected chi connectivity index (χ2v) is 4.20. The lowest BCUT2D eigenvalue weighted by Gasteiger charge is -2.31. The van der Waals surface area contributed by atoms with Gasteiger partial charge in [-0.15, -0.1) is 0 Å². The van der Waals surface area contributed by atoms with E-state index in [1.165, 1.54) is 7.11 Å². The van der Waals surface area contributed by atoms with E-state index in [4.69, 9.17) is 9.47 Å². The Labute approximate surface area is 110 Å². The zero-order valence-corrected chi connectivity index (χ0v) is 11.2. The van der Waals surface area contributed by atoms with E-state index in [1.54, 1.807) is 13.8 Å². The maximum Gasteiger partial charge on any atom is 0.426 e. The van der Waals surface area contributed by atoms with E-state index in [9.17, 15) is 14.4 Å². The van der Waals surface area contributed by atoms with Crippen LogP contribution in [0.1, 0.15) is 20.3 Å². The van der Waals surface area contributed by atoms with Gasteiger partial charge in [-0.2, -0.15) is 0 Å². The molecule has 1 rings (SSSR count). The number of rotatable bonds is 4. The van der Waals surface area contributed by atoms with E-state index in [-0.39, 0.29) is 25.7 Å².